The fourth-order valence-corrected chi connectivity index (χ4v) is 1.44. The van der Waals surface area contributed by atoms with E-state index in [4.69, 9.17) is 5.11 Å². The minimum Gasteiger partial charge on any atom is -0.396 e. The van der Waals surface area contributed by atoms with Crippen LogP contribution in [0.1, 0.15) is 24.5 Å². The summed E-state index contributed by atoms with van der Waals surface area (Å²) in [5.41, 5.74) is 3.45. The van der Waals surface area contributed by atoms with Gasteiger partial charge in [0, 0.05) is 6.61 Å². The molecule has 0 spiro atoms. The summed E-state index contributed by atoms with van der Waals surface area (Å²) in [5.74, 6) is 0. The SMILES string of the molecule is C=Cc1cccc(/C(=C/C)CCO)c1. The van der Waals surface area contributed by atoms with E-state index in [0.717, 1.165) is 5.56 Å². The van der Waals surface area contributed by atoms with Gasteiger partial charge in [0.05, 0.1) is 0 Å². The van der Waals surface area contributed by atoms with Crippen molar-refractivity contribution in [2.45, 2.75) is 13.3 Å². The van der Waals surface area contributed by atoms with Crippen molar-refractivity contribution in [2.75, 3.05) is 6.61 Å². The first-order valence-corrected chi connectivity index (χ1v) is 4.80. The van der Waals surface area contributed by atoms with Crippen molar-refractivity contribution in [1.29, 1.82) is 0 Å². The predicted molar refractivity (Wildman–Crippen MR) is 61.9 cm³/mol. The van der Waals surface area contributed by atoms with Gasteiger partial charge in [-0.3, -0.25) is 0 Å². The summed E-state index contributed by atoms with van der Waals surface area (Å²) in [5, 5.41) is 8.89. The number of aliphatic hydroxyl groups is 1. The van der Waals surface area contributed by atoms with Crippen LogP contribution in [0.5, 0.6) is 0 Å². The monoisotopic (exact) mass is 188 g/mol. The third-order valence-corrected chi connectivity index (χ3v) is 2.22. The smallest absolute Gasteiger partial charge is 0.0471 e. The molecule has 0 saturated heterocycles. The Labute approximate surface area is 85.4 Å². The molecule has 0 amide bonds. The van der Waals surface area contributed by atoms with E-state index in [0.29, 0.717) is 6.42 Å². The zero-order valence-electron chi connectivity index (χ0n) is 8.53. The summed E-state index contributed by atoms with van der Waals surface area (Å²) >= 11 is 0. The summed E-state index contributed by atoms with van der Waals surface area (Å²) in [7, 11) is 0. The Bertz CT molecular complexity index is 337. The summed E-state index contributed by atoms with van der Waals surface area (Å²) in [4.78, 5) is 0. The minimum absolute atomic E-state index is 0.192. The molecule has 0 heterocycles. The van der Waals surface area contributed by atoms with Crippen LogP contribution >= 0.6 is 0 Å². The Kier molecular flexibility index (Phi) is 4.14. The predicted octanol–water partition coefficient (Wildman–Crippen LogP) is 3.12. The minimum atomic E-state index is 0.192. The average molecular weight is 188 g/mol. The third-order valence-electron chi connectivity index (χ3n) is 2.22. The molecule has 0 aromatic heterocycles. The number of hydrogen-bond donors (Lipinski definition) is 1. The molecular formula is C13H16O. The molecule has 74 valence electrons. The van der Waals surface area contributed by atoms with Crippen LogP contribution in [-0.4, -0.2) is 11.7 Å². The van der Waals surface area contributed by atoms with Gasteiger partial charge in [0.25, 0.3) is 0 Å². The van der Waals surface area contributed by atoms with Crippen LogP contribution in [0, 0.1) is 0 Å². The highest BCUT2D eigenvalue weighted by molar-refractivity contribution is 5.67. The molecule has 1 heteroatoms. The van der Waals surface area contributed by atoms with Gasteiger partial charge in [0.1, 0.15) is 0 Å². The molecule has 0 bridgehead atoms. The van der Waals surface area contributed by atoms with Gasteiger partial charge in [-0.1, -0.05) is 36.9 Å². The first-order valence-electron chi connectivity index (χ1n) is 4.80. The molecule has 1 nitrogen and oxygen atoms in total. The Morgan fingerprint density at radius 3 is 2.86 bits per heavy atom. The molecule has 1 N–H and O–H groups in total. The molecule has 14 heavy (non-hydrogen) atoms. The zero-order valence-corrected chi connectivity index (χ0v) is 8.53. The molecule has 0 saturated carbocycles. The maximum absolute atomic E-state index is 8.89. The molecule has 0 aliphatic heterocycles. The lowest BCUT2D eigenvalue weighted by atomic mass is 10.0. The van der Waals surface area contributed by atoms with Gasteiger partial charge < -0.3 is 5.11 Å². The standard InChI is InChI=1S/C13H16O/c1-3-11-6-5-7-13(10-11)12(4-2)8-9-14/h3-7,10,14H,1,8-9H2,2H3/b12-4+. The van der Waals surface area contributed by atoms with Crippen LogP contribution in [0.15, 0.2) is 36.9 Å². The number of aliphatic hydroxyl groups excluding tert-OH is 1. The van der Waals surface area contributed by atoms with E-state index in [1.165, 1.54) is 11.1 Å². The lowest BCUT2D eigenvalue weighted by molar-refractivity contribution is 0.305. The van der Waals surface area contributed by atoms with E-state index in [2.05, 4.69) is 18.7 Å². The van der Waals surface area contributed by atoms with Crippen molar-refractivity contribution in [1.82, 2.24) is 0 Å². The maximum atomic E-state index is 8.89. The van der Waals surface area contributed by atoms with Crippen molar-refractivity contribution in [3.05, 3.63) is 48.0 Å². The van der Waals surface area contributed by atoms with E-state index in [1.807, 2.05) is 31.2 Å². The molecule has 0 aliphatic carbocycles. The van der Waals surface area contributed by atoms with Crippen molar-refractivity contribution in [3.8, 4) is 0 Å². The van der Waals surface area contributed by atoms with E-state index < -0.39 is 0 Å². The molecule has 1 aromatic carbocycles. The van der Waals surface area contributed by atoms with Crippen molar-refractivity contribution >= 4 is 11.6 Å². The van der Waals surface area contributed by atoms with Crippen LogP contribution in [0.25, 0.3) is 11.6 Å². The van der Waals surface area contributed by atoms with Gasteiger partial charge in [0.2, 0.25) is 0 Å². The van der Waals surface area contributed by atoms with E-state index in [9.17, 15) is 0 Å². The van der Waals surface area contributed by atoms with Crippen LogP contribution < -0.4 is 0 Å². The van der Waals surface area contributed by atoms with Crippen LogP contribution in [0.4, 0.5) is 0 Å². The van der Waals surface area contributed by atoms with Crippen molar-refractivity contribution in [2.24, 2.45) is 0 Å². The Hall–Kier alpha value is -1.34. The maximum Gasteiger partial charge on any atom is 0.0471 e. The fraction of sp³-hybridized carbons (Fsp3) is 0.231. The highest BCUT2D eigenvalue weighted by atomic mass is 16.2. The topological polar surface area (TPSA) is 20.2 Å². The van der Waals surface area contributed by atoms with Crippen LogP contribution in [0.2, 0.25) is 0 Å². The molecule has 1 aromatic rings. The highest BCUT2D eigenvalue weighted by Crippen LogP contribution is 2.19. The Morgan fingerprint density at radius 1 is 1.50 bits per heavy atom. The molecule has 0 fully saturated rings. The number of hydrogen-bond acceptors (Lipinski definition) is 1. The second-order valence-corrected chi connectivity index (χ2v) is 3.12. The number of benzene rings is 1. The van der Waals surface area contributed by atoms with Crippen molar-refractivity contribution < 1.29 is 5.11 Å². The summed E-state index contributed by atoms with van der Waals surface area (Å²) in [6.45, 7) is 5.92. The summed E-state index contributed by atoms with van der Waals surface area (Å²) in [6.07, 6.45) is 4.57. The Balaban J connectivity index is 2.98. The zero-order chi connectivity index (χ0) is 10.4. The van der Waals surface area contributed by atoms with E-state index >= 15 is 0 Å². The molecule has 0 aliphatic rings. The molecular weight excluding hydrogens is 172 g/mol. The second-order valence-electron chi connectivity index (χ2n) is 3.12. The molecule has 0 unspecified atom stereocenters. The molecule has 1 rings (SSSR count). The summed E-state index contributed by atoms with van der Waals surface area (Å²) in [6, 6.07) is 8.16. The van der Waals surface area contributed by atoms with Gasteiger partial charge in [-0.2, -0.15) is 0 Å². The van der Waals surface area contributed by atoms with Crippen molar-refractivity contribution in [3.63, 3.8) is 0 Å². The van der Waals surface area contributed by atoms with Gasteiger partial charge in [-0.25, -0.2) is 0 Å². The highest BCUT2D eigenvalue weighted by Gasteiger charge is 1.99. The van der Waals surface area contributed by atoms with Gasteiger partial charge in [0.15, 0.2) is 0 Å². The number of allylic oxidation sites excluding steroid dienone is 1. The number of rotatable bonds is 4. The summed E-state index contributed by atoms with van der Waals surface area (Å²) < 4.78 is 0. The molecule has 0 atom stereocenters. The lowest BCUT2D eigenvalue weighted by Crippen LogP contribution is -1.89. The molecule has 0 radical (unpaired) electrons. The second kappa shape index (κ2) is 5.40. The van der Waals surface area contributed by atoms with Gasteiger partial charge in [-0.15, -0.1) is 0 Å². The third kappa shape index (κ3) is 2.57. The van der Waals surface area contributed by atoms with Gasteiger partial charge in [-0.05, 0) is 36.1 Å². The van der Waals surface area contributed by atoms with E-state index in [1.54, 1.807) is 0 Å². The van der Waals surface area contributed by atoms with Crippen LogP contribution in [-0.2, 0) is 0 Å². The first kappa shape index (κ1) is 10.7. The lowest BCUT2D eigenvalue weighted by Gasteiger charge is -2.06. The van der Waals surface area contributed by atoms with Crippen LogP contribution in [0.3, 0.4) is 0 Å². The van der Waals surface area contributed by atoms with E-state index in [-0.39, 0.29) is 6.61 Å². The van der Waals surface area contributed by atoms with Gasteiger partial charge >= 0.3 is 0 Å². The largest absolute Gasteiger partial charge is 0.396 e. The first-order chi connectivity index (χ1) is 6.81. The fourth-order valence-electron chi connectivity index (χ4n) is 1.44. The normalized spacial score (nSPS) is 11.4. The quantitative estimate of drug-likeness (QED) is 0.769. The Morgan fingerprint density at radius 2 is 2.29 bits per heavy atom. The average Bonchev–Trinajstić information content (AvgIpc) is 2.26.